The standard InChI is InChI=1S/C28H18Cl4O7/c1-10-6-14-18(8-16(10)33)39-19-9-17(34)13(11-2-4-12(5-3-11)27(35)36)7-15(19)20(14)21-22(28(37)38)24(30)26(32)25(31)23(21)29/h2-9,15,20-22,33H,1H3,(H,35,36)(H,37,38). The summed E-state index contributed by atoms with van der Waals surface area (Å²) in [5.74, 6) is -6.26. The first-order chi connectivity index (χ1) is 18.4. The minimum absolute atomic E-state index is 0.0148. The highest BCUT2D eigenvalue weighted by Crippen LogP contribution is 2.58. The minimum atomic E-state index is -1.37. The Labute approximate surface area is 242 Å². The first-order valence-electron chi connectivity index (χ1n) is 11.6. The molecule has 0 fully saturated rings. The lowest BCUT2D eigenvalue weighted by molar-refractivity contribution is -0.141. The number of carbonyl (C=O) groups is 3. The summed E-state index contributed by atoms with van der Waals surface area (Å²) in [6.45, 7) is 1.68. The average Bonchev–Trinajstić information content (AvgIpc) is 2.89. The molecule has 4 atom stereocenters. The largest absolute Gasteiger partial charge is 0.508 e. The number of ether oxygens (including phenoxy) is 1. The van der Waals surface area contributed by atoms with Crippen LogP contribution in [0.15, 0.2) is 74.4 Å². The van der Waals surface area contributed by atoms with Gasteiger partial charge in [-0.3, -0.25) is 9.59 Å². The second-order valence-corrected chi connectivity index (χ2v) is 10.9. The van der Waals surface area contributed by atoms with Gasteiger partial charge < -0.3 is 20.1 Å². The number of hydrogen-bond donors (Lipinski definition) is 3. The first-order valence-corrected chi connectivity index (χ1v) is 13.1. The van der Waals surface area contributed by atoms with Crippen molar-refractivity contribution in [2.45, 2.75) is 12.8 Å². The van der Waals surface area contributed by atoms with Gasteiger partial charge in [-0.1, -0.05) is 64.6 Å². The zero-order valence-electron chi connectivity index (χ0n) is 19.9. The smallest absolute Gasteiger partial charge is 0.335 e. The van der Waals surface area contributed by atoms with E-state index in [4.69, 9.17) is 51.1 Å². The van der Waals surface area contributed by atoms with E-state index >= 15 is 0 Å². The number of allylic oxidation sites excluding steroid dienone is 6. The third-order valence-corrected chi connectivity index (χ3v) is 9.09. The zero-order valence-corrected chi connectivity index (χ0v) is 22.9. The van der Waals surface area contributed by atoms with E-state index in [9.17, 15) is 29.7 Å². The van der Waals surface area contributed by atoms with Gasteiger partial charge in [-0.25, -0.2) is 4.79 Å². The molecule has 0 aromatic heterocycles. The molecule has 2 aromatic carbocycles. The lowest BCUT2D eigenvalue weighted by atomic mass is 9.66. The SMILES string of the molecule is Cc1cc2c(cc1O)OC1=CC(=O)C(c3ccc(C(=O)O)cc3)=CC1C2C1C(Cl)=C(Cl)C(Cl)=C(Cl)C1C(=O)O. The molecule has 0 saturated heterocycles. The lowest BCUT2D eigenvalue weighted by Gasteiger charge is -2.43. The second-order valence-electron chi connectivity index (χ2n) is 9.37. The molecule has 200 valence electrons. The summed E-state index contributed by atoms with van der Waals surface area (Å²) in [7, 11) is 0. The van der Waals surface area contributed by atoms with E-state index in [2.05, 4.69) is 0 Å². The highest BCUT2D eigenvalue weighted by Gasteiger charge is 2.50. The number of rotatable bonds is 4. The van der Waals surface area contributed by atoms with Gasteiger partial charge in [-0.2, -0.15) is 0 Å². The Morgan fingerprint density at radius 2 is 1.56 bits per heavy atom. The van der Waals surface area contributed by atoms with E-state index in [0.717, 1.165) is 0 Å². The number of ketones is 1. The van der Waals surface area contributed by atoms with Crippen molar-refractivity contribution in [3.8, 4) is 11.5 Å². The fourth-order valence-electron chi connectivity index (χ4n) is 5.27. The number of aliphatic carboxylic acids is 1. The van der Waals surface area contributed by atoms with Crippen molar-refractivity contribution in [1.29, 1.82) is 0 Å². The average molecular weight is 608 g/mol. The Bertz CT molecular complexity index is 1580. The van der Waals surface area contributed by atoms with Crippen LogP contribution in [0.3, 0.4) is 0 Å². The number of aryl methyl sites for hydroxylation is 1. The normalized spacial score (nSPS) is 24.4. The first kappa shape index (κ1) is 27.3. The molecule has 0 radical (unpaired) electrons. The maximum atomic E-state index is 13.2. The van der Waals surface area contributed by atoms with E-state index in [-0.39, 0.29) is 48.5 Å². The van der Waals surface area contributed by atoms with E-state index < -0.39 is 41.4 Å². The molecule has 11 heteroatoms. The van der Waals surface area contributed by atoms with Crippen LogP contribution >= 0.6 is 46.4 Å². The molecule has 0 amide bonds. The molecule has 2 aliphatic carbocycles. The third kappa shape index (κ3) is 4.53. The number of aromatic hydroxyl groups is 1. The Hall–Kier alpha value is -3.23. The number of phenolic OH excluding ortho intramolecular Hbond substituents is 1. The maximum absolute atomic E-state index is 13.2. The number of benzene rings is 2. The number of carboxylic acid groups (broad SMARTS) is 2. The van der Waals surface area contributed by atoms with E-state index in [1.165, 1.54) is 36.4 Å². The molecule has 7 nitrogen and oxygen atoms in total. The van der Waals surface area contributed by atoms with Gasteiger partial charge in [0, 0.05) is 46.1 Å². The minimum Gasteiger partial charge on any atom is -0.508 e. The predicted molar refractivity (Wildman–Crippen MR) is 146 cm³/mol. The summed E-state index contributed by atoms with van der Waals surface area (Å²) in [6.07, 6.45) is 2.94. The van der Waals surface area contributed by atoms with Crippen LogP contribution in [0.1, 0.15) is 33.0 Å². The van der Waals surface area contributed by atoms with Gasteiger partial charge >= 0.3 is 11.9 Å². The van der Waals surface area contributed by atoms with E-state index in [0.29, 0.717) is 16.7 Å². The summed E-state index contributed by atoms with van der Waals surface area (Å²) in [4.78, 5) is 37.0. The van der Waals surface area contributed by atoms with Crippen LogP contribution in [0.25, 0.3) is 5.57 Å². The molecule has 1 aliphatic heterocycles. The van der Waals surface area contributed by atoms with Crippen LogP contribution < -0.4 is 4.74 Å². The molecule has 5 rings (SSSR count). The number of phenols is 1. The number of aromatic carboxylic acids is 1. The van der Waals surface area contributed by atoms with Gasteiger partial charge in [0.05, 0.1) is 20.7 Å². The molecule has 3 aliphatic rings. The Kier molecular flexibility index (Phi) is 7.06. The van der Waals surface area contributed by atoms with Gasteiger partial charge in [0.15, 0.2) is 5.78 Å². The zero-order chi connectivity index (χ0) is 28.3. The highest BCUT2D eigenvalue weighted by atomic mass is 35.5. The second kappa shape index (κ2) is 10.1. The fourth-order valence-corrected chi connectivity index (χ4v) is 6.49. The topological polar surface area (TPSA) is 121 Å². The van der Waals surface area contributed by atoms with Crippen molar-refractivity contribution in [1.82, 2.24) is 0 Å². The summed E-state index contributed by atoms with van der Waals surface area (Å²) in [6, 6.07) is 8.87. The fraction of sp³-hybridized carbons (Fsp3) is 0.179. The predicted octanol–water partition coefficient (Wildman–Crippen LogP) is 6.75. The van der Waals surface area contributed by atoms with Crippen molar-refractivity contribution in [2.75, 3.05) is 0 Å². The van der Waals surface area contributed by atoms with Gasteiger partial charge in [-0.05, 0) is 36.2 Å². The number of halogens is 4. The van der Waals surface area contributed by atoms with Gasteiger partial charge in [-0.15, -0.1) is 0 Å². The lowest BCUT2D eigenvalue weighted by Crippen LogP contribution is -2.38. The van der Waals surface area contributed by atoms with E-state index in [1.54, 1.807) is 19.1 Å². The molecule has 2 aromatic rings. The van der Waals surface area contributed by atoms with Gasteiger partial charge in [0.2, 0.25) is 0 Å². The number of carbonyl (C=O) groups excluding carboxylic acids is 1. The molecule has 0 spiro atoms. The molecule has 0 bridgehead atoms. The van der Waals surface area contributed by atoms with Crippen molar-refractivity contribution in [3.05, 3.63) is 96.7 Å². The van der Waals surface area contributed by atoms with Gasteiger partial charge in [0.25, 0.3) is 0 Å². The van der Waals surface area contributed by atoms with Crippen molar-refractivity contribution in [3.63, 3.8) is 0 Å². The number of fused-ring (bicyclic) bond motifs is 2. The molecule has 0 saturated carbocycles. The molecular weight excluding hydrogens is 590 g/mol. The number of carboxylic acids is 2. The summed E-state index contributed by atoms with van der Waals surface area (Å²) >= 11 is 25.8. The van der Waals surface area contributed by atoms with Crippen molar-refractivity contribution >= 4 is 69.7 Å². The van der Waals surface area contributed by atoms with Crippen LogP contribution in [0.2, 0.25) is 0 Å². The molecule has 1 heterocycles. The Balaban J connectivity index is 1.74. The summed E-state index contributed by atoms with van der Waals surface area (Å²) < 4.78 is 6.05. The Morgan fingerprint density at radius 3 is 2.18 bits per heavy atom. The van der Waals surface area contributed by atoms with Crippen LogP contribution in [0, 0.1) is 24.7 Å². The maximum Gasteiger partial charge on any atom is 0.335 e. The summed E-state index contributed by atoms with van der Waals surface area (Å²) in [5, 5.41) is 29.4. The molecule has 4 unspecified atom stereocenters. The molecule has 39 heavy (non-hydrogen) atoms. The molecular formula is C28H18Cl4O7. The third-order valence-electron chi connectivity index (χ3n) is 7.15. The monoisotopic (exact) mass is 606 g/mol. The molecule has 3 N–H and O–H groups in total. The highest BCUT2D eigenvalue weighted by molar-refractivity contribution is 6.52. The van der Waals surface area contributed by atoms with Crippen LogP contribution in [0.4, 0.5) is 0 Å². The summed E-state index contributed by atoms with van der Waals surface area (Å²) in [5.41, 5.74) is 1.81. The Morgan fingerprint density at radius 1 is 0.923 bits per heavy atom. The quantitative estimate of drug-likeness (QED) is 0.351. The number of hydrogen-bond acceptors (Lipinski definition) is 5. The van der Waals surface area contributed by atoms with Gasteiger partial charge in [0.1, 0.15) is 23.2 Å². The van der Waals surface area contributed by atoms with Crippen LogP contribution in [0.5, 0.6) is 11.5 Å². The van der Waals surface area contributed by atoms with Crippen molar-refractivity contribution < 1.29 is 34.4 Å². The van der Waals surface area contributed by atoms with E-state index in [1.807, 2.05) is 0 Å². The van der Waals surface area contributed by atoms with Crippen LogP contribution in [-0.2, 0) is 9.59 Å². The van der Waals surface area contributed by atoms with Crippen molar-refractivity contribution in [2.24, 2.45) is 17.8 Å². The van der Waals surface area contributed by atoms with Crippen LogP contribution in [-0.4, -0.2) is 33.0 Å².